The van der Waals surface area contributed by atoms with Crippen molar-refractivity contribution in [3.05, 3.63) is 35.4 Å². The number of hydrogen-bond acceptors (Lipinski definition) is 4. The van der Waals surface area contributed by atoms with Gasteiger partial charge in [-0.25, -0.2) is 4.79 Å². The van der Waals surface area contributed by atoms with E-state index in [0.29, 0.717) is 11.1 Å². The fraction of sp³-hybridized carbons (Fsp3) is 0.273. The van der Waals surface area contributed by atoms with Gasteiger partial charge in [-0.15, -0.1) is 12.4 Å². The summed E-state index contributed by atoms with van der Waals surface area (Å²) < 4.78 is 4.56. The van der Waals surface area contributed by atoms with E-state index in [2.05, 4.69) is 4.74 Å². The van der Waals surface area contributed by atoms with Crippen molar-refractivity contribution in [2.75, 3.05) is 7.11 Å². The summed E-state index contributed by atoms with van der Waals surface area (Å²) in [6, 6.07) is 5.59. The van der Waals surface area contributed by atoms with Crippen LogP contribution >= 0.6 is 12.4 Å². The monoisotopic (exact) mass is 259 g/mol. The molecule has 0 aromatic heterocycles. The van der Waals surface area contributed by atoms with E-state index >= 15 is 0 Å². The maximum atomic E-state index is 11.2. The number of hydrogen-bond donors (Lipinski definition) is 2. The number of nitrogens with two attached hydrogens (primary N) is 1. The summed E-state index contributed by atoms with van der Waals surface area (Å²) in [5.74, 6) is -1.52. The minimum absolute atomic E-state index is 0. The highest BCUT2D eigenvalue weighted by Crippen LogP contribution is 2.08. The van der Waals surface area contributed by atoms with E-state index in [1.165, 1.54) is 7.11 Å². The molecule has 1 aromatic carbocycles. The zero-order chi connectivity index (χ0) is 12.1. The lowest BCUT2D eigenvalue weighted by Crippen LogP contribution is -2.32. The second kappa shape index (κ2) is 6.88. The second-order valence-corrected chi connectivity index (χ2v) is 3.34. The van der Waals surface area contributed by atoms with Gasteiger partial charge in [-0.05, 0) is 24.1 Å². The minimum Gasteiger partial charge on any atom is -0.480 e. The molecule has 0 aliphatic rings. The fourth-order valence-corrected chi connectivity index (χ4v) is 1.28. The van der Waals surface area contributed by atoms with Crippen LogP contribution in [0.5, 0.6) is 0 Å². The number of carbonyl (C=O) groups is 2. The quantitative estimate of drug-likeness (QED) is 0.783. The summed E-state index contributed by atoms with van der Waals surface area (Å²) in [5.41, 5.74) is 6.47. The topological polar surface area (TPSA) is 89.6 Å². The number of carbonyl (C=O) groups excluding carboxylic acids is 1. The molecule has 0 fully saturated rings. The molecule has 1 aromatic rings. The third kappa shape index (κ3) is 4.42. The van der Waals surface area contributed by atoms with Crippen molar-refractivity contribution in [3.8, 4) is 0 Å². The molecule has 0 aliphatic carbocycles. The molecule has 94 valence electrons. The fourth-order valence-electron chi connectivity index (χ4n) is 1.28. The Hall–Kier alpha value is -1.59. The Kier molecular flexibility index (Phi) is 6.23. The average molecular weight is 260 g/mol. The van der Waals surface area contributed by atoms with Gasteiger partial charge in [-0.3, -0.25) is 4.79 Å². The maximum absolute atomic E-state index is 11.2. The Bertz CT molecular complexity index is 408. The molecule has 0 bridgehead atoms. The molecular formula is C11H14ClNO4. The van der Waals surface area contributed by atoms with Crippen molar-refractivity contribution < 1.29 is 19.4 Å². The molecule has 0 amide bonds. The predicted octanol–water partition coefficient (Wildman–Crippen LogP) is 0.849. The van der Waals surface area contributed by atoms with Crippen LogP contribution in [-0.2, 0) is 16.0 Å². The molecule has 1 rings (SSSR count). The zero-order valence-electron chi connectivity index (χ0n) is 9.25. The molecule has 6 heteroatoms. The molecular weight excluding hydrogens is 246 g/mol. The first-order chi connectivity index (χ1) is 7.54. The summed E-state index contributed by atoms with van der Waals surface area (Å²) in [5, 5.41) is 8.65. The highest BCUT2D eigenvalue weighted by atomic mass is 35.5. The van der Waals surface area contributed by atoms with E-state index in [0.717, 1.165) is 0 Å². The van der Waals surface area contributed by atoms with Gasteiger partial charge in [0.15, 0.2) is 0 Å². The molecule has 5 nitrogen and oxygen atoms in total. The minimum atomic E-state index is -1.07. The van der Waals surface area contributed by atoms with Gasteiger partial charge in [0.25, 0.3) is 0 Å². The Morgan fingerprint density at radius 2 is 2.12 bits per heavy atom. The number of rotatable bonds is 4. The van der Waals surface area contributed by atoms with Crippen LogP contribution in [0.4, 0.5) is 0 Å². The molecule has 1 unspecified atom stereocenters. The molecule has 1 atom stereocenters. The second-order valence-electron chi connectivity index (χ2n) is 3.34. The van der Waals surface area contributed by atoms with Gasteiger partial charge in [0.1, 0.15) is 6.04 Å². The Labute approximate surface area is 105 Å². The predicted molar refractivity (Wildman–Crippen MR) is 64.3 cm³/mol. The van der Waals surface area contributed by atoms with Gasteiger partial charge >= 0.3 is 11.9 Å². The van der Waals surface area contributed by atoms with Crippen LogP contribution in [0.25, 0.3) is 0 Å². The third-order valence-electron chi connectivity index (χ3n) is 2.12. The van der Waals surface area contributed by atoms with Crippen molar-refractivity contribution in [2.24, 2.45) is 5.73 Å². The van der Waals surface area contributed by atoms with Crippen molar-refractivity contribution in [1.82, 2.24) is 0 Å². The Balaban J connectivity index is 0.00000256. The van der Waals surface area contributed by atoms with E-state index in [9.17, 15) is 9.59 Å². The zero-order valence-corrected chi connectivity index (χ0v) is 10.1. The first kappa shape index (κ1) is 15.4. The first-order valence-electron chi connectivity index (χ1n) is 4.70. The molecule has 3 N–H and O–H groups in total. The molecule has 0 heterocycles. The number of carboxylic acids is 1. The standard InChI is InChI=1S/C11H13NO4.ClH/c1-16-11(15)8-4-2-3-7(5-8)6-9(12)10(13)14;/h2-5,9H,6,12H2,1H3,(H,13,14);1H. The lowest BCUT2D eigenvalue weighted by Gasteiger charge is -2.07. The van der Waals surface area contributed by atoms with Crippen molar-refractivity contribution in [2.45, 2.75) is 12.5 Å². The number of halogens is 1. The molecule has 0 radical (unpaired) electrons. The van der Waals surface area contributed by atoms with Crippen molar-refractivity contribution in [1.29, 1.82) is 0 Å². The third-order valence-corrected chi connectivity index (χ3v) is 2.12. The molecule has 0 spiro atoms. The summed E-state index contributed by atoms with van der Waals surface area (Å²) in [6.45, 7) is 0. The highest BCUT2D eigenvalue weighted by Gasteiger charge is 2.13. The van der Waals surface area contributed by atoms with Gasteiger partial charge in [-0.1, -0.05) is 12.1 Å². The molecule has 17 heavy (non-hydrogen) atoms. The molecule has 0 aliphatic heterocycles. The number of aliphatic carboxylic acids is 1. The summed E-state index contributed by atoms with van der Waals surface area (Å²) in [4.78, 5) is 21.8. The number of ether oxygens (including phenoxy) is 1. The van der Waals surface area contributed by atoms with Gasteiger partial charge in [-0.2, -0.15) is 0 Å². The van der Waals surface area contributed by atoms with Crippen molar-refractivity contribution in [3.63, 3.8) is 0 Å². The van der Waals surface area contributed by atoms with E-state index in [1.54, 1.807) is 24.3 Å². The average Bonchev–Trinajstić information content (AvgIpc) is 2.28. The summed E-state index contributed by atoms with van der Waals surface area (Å²) in [6.07, 6.45) is 0.181. The van der Waals surface area contributed by atoms with Crippen LogP contribution in [0.3, 0.4) is 0 Å². The van der Waals surface area contributed by atoms with Crippen LogP contribution in [0, 0.1) is 0 Å². The maximum Gasteiger partial charge on any atom is 0.337 e. The lowest BCUT2D eigenvalue weighted by molar-refractivity contribution is -0.138. The molecule has 0 saturated heterocycles. The van der Waals surface area contributed by atoms with Gasteiger partial charge in [0.05, 0.1) is 12.7 Å². The lowest BCUT2D eigenvalue weighted by atomic mass is 10.0. The van der Waals surface area contributed by atoms with Crippen molar-refractivity contribution >= 4 is 24.3 Å². The van der Waals surface area contributed by atoms with Crippen LogP contribution in [0.1, 0.15) is 15.9 Å². The van der Waals surface area contributed by atoms with Crippen LogP contribution in [-0.4, -0.2) is 30.2 Å². The molecule has 0 saturated carbocycles. The number of carboxylic acid groups (broad SMARTS) is 1. The first-order valence-corrected chi connectivity index (χ1v) is 4.70. The van der Waals surface area contributed by atoms with E-state index in [1.807, 2.05) is 0 Å². The Morgan fingerprint density at radius 1 is 1.47 bits per heavy atom. The number of benzene rings is 1. The van der Waals surface area contributed by atoms with Gasteiger partial charge in [0.2, 0.25) is 0 Å². The van der Waals surface area contributed by atoms with Crippen LogP contribution in [0.15, 0.2) is 24.3 Å². The van der Waals surface area contributed by atoms with Gasteiger partial charge in [0, 0.05) is 0 Å². The smallest absolute Gasteiger partial charge is 0.337 e. The largest absolute Gasteiger partial charge is 0.480 e. The summed E-state index contributed by atoms with van der Waals surface area (Å²) >= 11 is 0. The summed E-state index contributed by atoms with van der Waals surface area (Å²) in [7, 11) is 1.29. The van der Waals surface area contributed by atoms with Crippen LogP contribution in [0.2, 0.25) is 0 Å². The number of methoxy groups -OCH3 is 1. The highest BCUT2D eigenvalue weighted by molar-refractivity contribution is 5.89. The SMILES string of the molecule is COC(=O)c1cccc(CC(N)C(=O)O)c1.Cl. The normalized spacial score (nSPS) is 11.2. The van der Waals surface area contributed by atoms with E-state index in [-0.39, 0.29) is 18.8 Å². The van der Waals surface area contributed by atoms with E-state index in [4.69, 9.17) is 10.8 Å². The van der Waals surface area contributed by atoms with Gasteiger partial charge < -0.3 is 15.6 Å². The van der Waals surface area contributed by atoms with E-state index < -0.39 is 18.0 Å². The Morgan fingerprint density at radius 3 is 2.65 bits per heavy atom. The number of esters is 1. The van der Waals surface area contributed by atoms with Crippen LogP contribution < -0.4 is 5.73 Å².